The molecule has 2 saturated carbocycles. The van der Waals surface area contributed by atoms with Gasteiger partial charge in [-0.15, -0.1) is 12.4 Å². The summed E-state index contributed by atoms with van der Waals surface area (Å²) in [5, 5.41) is 9.33. The van der Waals surface area contributed by atoms with Crippen molar-refractivity contribution in [2.24, 2.45) is 11.7 Å². The quantitative estimate of drug-likeness (QED) is 0.582. The number of hydrogen-bond donors (Lipinski definition) is 2. The first-order valence-corrected chi connectivity index (χ1v) is 12.1. The van der Waals surface area contributed by atoms with Gasteiger partial charge in [-0.3, -0.25) is 9.48 Å². The van der Waals surface area contributed by atoms with E-state index in [1.807, 2.05) is 0 Å². The number of halogens is 2. The molecule has 1 amide bonds. The fourth-order valence-electron chi connectivity index (χ4n) is 4.95. The lowest BCUT2D eigenvalue weighted by atomic mass is 9.89. The number of fused-ring (bicyclic) bond motifs is 1. The van der Waals surface area contributed by atoms with Crippen molar-refractivity contribution in [3.8, 4) is 0 Å². The molecule has 0 spiro atoms. The zero-order valence-corrected chi connectivity index (χ0v) is 20.0. The van der Waals surface area contributed by atoms with Gasteiger partial charge in [0.15, 0.2) is 0 Å². The van der Waals surface area contributed by atoms with Gasteiger partial charge in [-0.25, -0.2) is 0 Å². The van der Waals surface area contributed by atoms with Crippen molar-refractivity contribution >= 4 is 45.1 Å². The third-order valence-corrected chi connectivity index (χ3v) is 7.16. The summed E-state index contributed by atoms with van der Waals surface area (Å²) in [6.45, 7) is 0.993. The van der Waals surface area contributed by atoms with E-state index >= 15 is 0 Å². The molecule has 2 aromatic rings. The number of amides is 1. The summed E-state index contributed by atoms with van der Waals surface area (Å²) in [5.74, 6) is 0.861. The van der Waals surface area contributed by atoms with Crippen LogP contribution in [0.3, 0.4) is 0 Å². The average molecular weight is 498 g/mol. The summed E-state index contributed by atoms with van der Waals surface area (Å²) in [4.78, 5) is 12.5. The molecule has 166 valence electrons. The fourth-order valence-corrected chi connectivity index (χ4v) is 5.31. The lowest BCUT2D eigenvalue weighted by Crippen LogP contribution is -2.40. The molecule has 0 radical (unpaired) electrons. The summed E-state index contributed by atoms with van der Waals surface area (Å²) in [5.41, 5.74) is 8.20. The van der Waals surface area contributed by atoms with Crippen LogP contribution in [0.2, 0.25) is 0 Å². The Hall–Kier alpha value is -1.11. The summed E-state index contributed by atoms with van der Waals surface area (Å²) < 4.78 is 3.25. The molecule has 0 bridgehead atoms. The van der Waals surface area contributed by atoms with Gasteiger partial charge in [0, 0.05) is 41.3 Å². The van der Waals surface area contributed by atoms with Crippen LogP contribution < -0.4 is 11.1 Å². The minimum absolute atomic E-state index is 0. The number of benzene rings is 1. The van der Waals surface area contributed by atoms with Crippen molar-refractivity contribution in [1.29, 1.82) is 0 Å². The summed E-state index contributed by atoms with van der Waals surface area (Å²) in [7, 11) is 0. The first-order valence-electron chi connectivity index (χ1n) is 11.3. The normalized spacial score (nSPS) is 22.6. The largest absolute Gasteiger partial charge is 0.353 e. The van der Waals surface area contributed by atoms with E-state index < -0.39 is 0 Å². The van der Waals surface area contributed by atoms with Gasteiger partial charge in [0.2, 0.25) is 5.91 Å². The Morgan fingerprint density at radius 2 is 1.87 bits per heavy atom. The van der Waals surface area contributed by atoms with Crippen molar-refractivity contribution < 1.29 is 4.79 Å². The molecule has 1 aromatic heterocycles. The average Bonchev–Trinajstić information content (AvgIpc) is 3.05. The zero-order valence-electron chi connectivity index (χ0n) is 17.6. The number of nitrogens with zero attached hydrogens (tertiary/aromatic N) is 2. The maximum absolute atomic E-state index is 12.5. The number of aryl methyl sites for hydroxylation is 1. The molecule has 2 aliphatic carbocycles. The van der Waals surface area contributed by atoms with Crippen LogP contribution in [0.15, 0.2) is 22.7 Å². The smallest absolute Gasteiger partial charge is 0.220 e. The first kappa shape index (κ1) is 23.6. The number of carbonyl (C=O) groups is 1. The van der Waals surface area contributed by atoms with Crippen LogP contribution in [0, 0.1) is 5.92 Å². The number of hydrogen-bond acceptors (Lipinski definition) is 3. The van der Waals surface area contributed by atoms with Crippen LogP contribution >= 0.6 is 28.3 Å². The maximum Gasteiger partial charge on any atom is 0.220 e. The van der Waals surface area contributed by atoms with Crippen LogP contribution in [-0.2, 0) is 17.8 Å². The predicted octanol–water partition coefficient (Wildman–Crippen LogP) is 5.12. The van der Waals surface area contributed by atoms with E-state index in [2.05, 4.69) is 44.1 Å². The number of aromatic nitrogens is 2. The van der Waals surface area contributed by atoms with E-state index in [1.54, 1.807) is 0 Å². The first-order chi connectivity index (χ1) is 14.1. The number of nitrogens with two attached hydrogens (primary N) is 1. The summed E-state index contributed by atoms with van der Waals surface area (Å²) in [6, 6.07) is 6.99. The van der Waals surface area contributed by atoms with Crippen LogP contribution in [0.25, 0.3) is 10.9 Å². The molecule has 0 saturated heterocycles. The molecule has 3 N–H and O–H groups in total. The molecule has 1 heterocycles. The van der Waals surface area contributed by atoms with Gasteiger partial charge in [0.1, 0.15) is 0 Å². The van der Waals surface area contributed by atoms with Gasteiger partial charge >= 0.3 is 0 Å². The molecule has 4 rings (SSSR count). The molecule has 1 aromatic carbocycles. The van der Waals surface area contributed by atoms with E-state index in [0.717, 1.165) is 48.3 Å². The highest BCUT2D eigenvalue weighted by molar-refractivity contribution is 9.10. The standard InChI is InChI=1S/C23H33BrN4O.ClH/c24-17-6-12-22-20(14-17)21(27-28(22)15-16-4-2-1-3-5-16)11-13-23(29)26-19-9-7-18(25)8-10-19;/h6,12,14,16,18-19H,1-5,7-11,13,15,25H2,(H,26,29);1H/t18-,19-;. The third kappa shape index (κ3) is 5.98. The van der Waals surface area contributed by atoms with Gasteiger partial charge in [-0.05, 0) is 62.6 Å². The van der Waals surface area contributed by atoms with Crippen molar-refractivity contribution in [2.75, 3.05) is 0 Å². The van der Waals surface area contributed by atoms with Crippen molar-refractivity contribution in [3.05, 3.63) is 28.4 Å². The van der Waals surface area contributed by atoms with Crippen molar-refractivity contribution in [3.63, 3.8) is 0 Å². The van der Waals surface area contributed by atoms with E-state index in [1.165, 1.54) is 43.0 Å². The zero-order chi connectivity index (χ0) is 20.2. The molecule has 30 heavy (non-hydrogen) atoms. The summed E-state index contributed by atoms with van der Waals surface area (Å²) >= 11 is 3.60. The number of nitrogens with one attached hydrogen (secondary N) is 1. The predicted molar refractivity (Wildman–Crippen MR) is 128 cm³/mol. The Kier molecular flexibility index (Phi) is 8.61. The van der Waals surface area contributed by atoms with Crippen molar-refractivity contribution in [2.45, 2.75) is 89.3 Å². The van der Waals surface area contributed by atoms with E-state index in [9.17, 15) is 4.79 Å². The Bertz CT molecular complexity index is 841. The monoisotopic (exact) mass is 496 g/mol. The molecule has 0 atom stereocenters. The second-order valence-electron chi connectivity index (χ2n) is 8.97. The minimum Gasteiger partial charge on any atom is -0.353 e. The topological polar surface area (TPSA) is 72.9 Å². The third-order valence-electron chi connectivity index (χ3n) is 6.67. The van der Waals surface area contributed by atoms with E-state index in [0.29, 0.717) is 18.9 Å². The highest BCUT2D eigenvalue weighted by Crippen LogP contribution is 2.29. The van der Waals surface area contributed by atoms with Gasteiger partial charge in [-0.2, -0.15) is 5.10 Å². The molecule has 0 unspecified atom stereocenters. The summed E-state index contributed by atoms with van der Waals surface area (Å²) in [6.07, 6.45) is 11.9. The van der Waals surface area contributed by atoms with Crippen LogP contribution in [0.5, 0.6) is 0 Å². The molecule has 2 aliphatic rings. The number of carbonyl (C=O) groups excluding carboxylic acids is 1. The Labute approximate surface area is 194 Å². The molecule has 5 nitrogen and oxygen atoms in total. The Morgan fingerprint density at radius 3 is 2.60 bits per heavy atom. The van der Waals surface area contributed by atoms with Gasteiger partial charge < -0.3 is 11.1 Å². The minimum atomic E-state index is 0. The second-order valence-corrected chi connectivity index (χ2v) is 9.89. The van der Waals surface area contributed by atoms with Gasteiger partial charge in [0.25, 0.3) is 0 Å². The second kappa shape index (κ2) is 11.0. The van der Waals surface area contributed by atoms with Crippen LogP contribution in [-0.4, -0.2) is 27.8 Å². The fraction of sp³-hybridized carbons (Fsp3) is 0.652. The molecular weight excluding hydrogens is 464 g/mol. The molecule has 0 aliphatic heterocycles. The number of rotatable bonds is 6. The highest BCUT2D eigenvalue weighted by Gasteiger charge is 2.21. The van der Waals surface area contributed by atoms with Gasteiger partial charge in [0.05, 0.1) is 11.2 Å². The lowest BCUT2D eigenvalue weighted by molar-refractivity contribution is -0.122. The van der Waals surface area contributed by atoms with Crippen LogP contribution in [0.4, 0.5) is 0 Å². The lowest BCUT2D eigenvalue weighted by Gasteiger charge is -2.26. The Balaban J connectivity index is 0.00000256. The highest BCUT2D eigenvalue weighted by atomic mass is 79.9. The van der Waals surface area contributed by atoms with E-state index in [4.69, 9.17) is 10.8 Å². The van der Waals surface area contributed by atoms with Crippen LogP contribution in [0.1, 0.15) is 69.9 Å². The van der Waals surface area contributed by atoms with Crippen molar-refractivity contribution in [1.82, 2.24) is 15.1 Å². The molecule has 7 heteroatoms. The molecule has 2 fully saturated rings. The Morgan fingerprint density at radius 1 is 1.13 bits per heavy atom. The molecular formula is C23H34BrClN4O. The van der Waals surface area contributed by atoms with Gasteiger partial charge in [-0.1, -0.05) is 35.2 Å². The van der Waals surface area contributed by atoms with E-state index in [-0.39, 0.29) is 24.4 Å². The maximum atomic E-state index is 12.5. The SMILES string of the molecule is Cl.N[C@H]1CC[C@H](NC(=O)CCc2nn(CC3CCCCC3)c3ccc(Br)cc23)CC1.